The van der Waals surface area contributed by atoms with Crippen molar-refractivity contribution in [3.8, 4) is 36.0 Å². The minimum atomic E-state index is -1.03. The molecule has 42 heteroatoms. The molecule has 1 amide bonds. The molecule has 3 aliphatic heterocycles. The molecule has 3 saturated heterocycles. The molecule has 802 valence electrons. The van der Waals surface area contributed by atoms with Crippen LogP contribution in [0.3, 0.4) is 0 Å². The minimum absolute atomic E-state index is 0.0221. The van der Waals surface area contributed by atoms with E-state index in [-0.39, 0.29) is 168 Å². The quantitative estimate of drug-likeness (QED) is 0.00646. The van der Waals surface area contributed by atoms with Gasteiger partial charge in [0.15, 0.2) is 5.78 Å². The number of aliphatic carboxylic acids is 3. The Morgan fingerprint density at radius 2 is 1.03 bits per heavy atom. The number of terminal acetylenes is 1. The van der Waals surface area contributed by atoms with Crippen LogP contribution in [0.2, 0.25) is 0 Å². The standard InChI is InChI=1S/C17H25NO6.C16H19NO5.2C15H19NO5.C14H21NO4.C9H11NO4.C5H9ClO.C5H8O.C4H6O.C3H5ClO2/c1-3-23-17(22)18-10-4-5-11-9(6-10)7-12-13(14(11)15(19)20)8(2)24-16(12)21;1-12(18)5-3-6-13(2)22-16(19)10-9-14-7-4-8-15(11-14)17(20)21;1-7(17)13-11-4-3-10(16(19)20)5-9(11)6-12-14(13)8(2)21-15(12)18;1-11(17)6-7-12(2)21-15(18)9-8-13-4-3-5-14(10-13)16(19)20;1-6-11-10(14(18)19-6)5-7-4-8(15)2-3-9(7)12(11)13(16)17;11-9(12)5-4-7-2-1-3-8(6-7)10(13)14;1-5(2,3)4(6)7;1-3-4-5(2)6;1-3-4(2)5;1-2-3(5)6-4/h8-14H,3-7H2,1-2H3,(H,18,22)(H,19,20);7,9-10,13,15H,4,6,8,11H2,1-2H3;6,8,10-14H,3-5H2,1-2H3;4,6-9,12,14H,3,5,10H2,1-2H3;6-12H,2-5,15H2,1H3,(H,16,17);2,4-5,8H,1,3,6H2,(H,11,12);1-3H3;5-6H,1-2H3;1,4-5H,2H3;2H2,1H3/b;10-9+;;7-6-,9-8+;;5-4+;;;;/t8-,9+,10-,11-,12-,13-,14+;13-,15?;8-,10-,11-,12-,13+,14-;12-,14?;6-,7+,8-,9-,10-,11-,12+;;;5-;4-;/m11111..11./s1. The van der Waals surface area contributed by atoms with Crippen LogP contribution in [0.25, 0.3) is 0 Å². The Bertz CT molecular complexity index is 4970. The van der Waals surface area contributed by atoms with Gasteiger partial charge in [0, 0.05) is 150 Å². The number of carbonyl (C=O) groups excluding carboxylic acids is 11. The normalized spacial score (nSPS) is 29.0. The zero-order valence-electron chi connectivity index (χ0n) is 85.1. The lowest BCUT2D eigenvalue weighted by molar-refractivity contribution is -0.525. The van der Waals surface area contributed by atoms with Crippen molar-refractivity contribution in [1.29, 1.82) is 0 Å². The van der Waals surface area contributed by atoms with Crippen LogP contribution in [0.5, 0.6) is 0 Å². The summed E-state index contributed by atoms with van der Waals surface area (Å²) < 4.78 is 34.7. The van der Waals surface area contributed by atoms with Gasteiger partial charge in [0.2, 0.25) is 35.2 Å². The lowest BCUT2D eigenvalue weighted by atomic mass is 9.57. The Balaban J connectivity index is 0.000000429. The number of carboxylic acids is 3. The van der Waals surface area contributed by atoms with Crippen LogP contribution >= 0.6 is 23.5 Å². The van der Waals surface area contributed by atoms with Crippen molar-refractivity contribution in [2.24, 2.45) is 94.0 Å². The van der Waals surface area contributed by atoms with Crippen LogP contribution in [0, 0.1) is 165 Å². The van der Waals surface area contributed by atoms with E-state index < -0.39 is 108 Å². The van der Waals surface area contributed by atoms with E-state index in [1.54, 1.807) is 95.2 Å². The van der Waals surface area contributed by atoms with Crippen LogP contribution in [0.4, 0.5) is 4.79 Å². The molecule has 12 rings (SSSR count). The number of fused-ring (bicyclic) bond motifs is 6. The number of carboxylic acid groups (broad SMARTS) is 3. The highest BCUT2D eigenvalue weighted by atomic mass is 35.5. The summed E-state index contributed by atoms with van der Waals surface area (Å²) in [6.45, 7) is 27.1. The van der Waals surface area contributed by atoms with E-state index in [1.807, 2.05) is 38.2 Å². The maximum absolute atomic E-state index is 12.1. The van der Waals surface area contributed by atoms with Gasteiger partial charge in [-0.1, -0.05) is 93.6 Å². The van der Waals surface area contributed by atoms with E-state index in [4.69, 9.17) is 61.1 Å². The summed E-state index contributed by atoms with van der Waals surface area (Å²) in [6, 6.07) is -2.18. The number of carbonyl (C=O) groups is 14. The number of nitrogens with zero attached hydrogens (tertiary/aromatic N) is 4. The Morgan fingerprint density at radius 1 is 0.593 bits per heavy atom. The van der Waals surface area contributed by atoms with Crippen molar-refractivity contribution >= 4 is 106 Å². The number of nitro groups is 4. The predicted molar refractivity (Wildman–Crippen MR) is 528 cm³/mol. The summed E-state index contributed by atoms with van der Waals surface area (Å²) in [7, 11) is 0. The highest BCUT2D eigenvalue weighted by molar-refractivity contribution is 6.64. The second-order valence-corrected chi connectivity index (χ2v) is 39.1. The monoisotopic (exact) mass is 2080 g/mol. The second-order valence-electron chi connectivity index (χ2n) is 38.6. The van der Waals surface area contributed by atoms with Crippen molar-refractivity contribution in [2.75, 3.05) is 6.61 Å². The van der Waals surface area contributed by atoms with E-state index in [9.17, 15) is 118 Å². The van der Waals surface area contributed by atoms with Gasteiger partial charge in [0.25, 0.3) is 0 Å². The summed E-state index contributed by atoms with van der Waals surface area (Å²) in [5, 5.41) is 89.8. The van der Waals surface area contributed by atoms with Crippen molar-refractivity contribution in [1.82, 2.24) is 5.32 Å². The number of aliphatic hydroxyl groups excluding tert-OH is 2. The average molecular weight is 2080 g/mol. The van der Waals surface area contributed by atoms with Crippen molar-refractivity contribution in [2.45, 2.75) is 331 Å². The first-order valence-corrected chi connectivity index (χ1v) is 49.3. The van der Waals surface area contributed by atoms with Gasteiger partial charge < -0.3 is 69.3 Å². The molecule has 9 aliphatic carbocycles. The third-order valence-corrected chi connectivity index (χ3v) is 27.2. The summed E-state index contributed by atoms with van der Waals surface area (Å²) in [4.78, 5) is 200. The van der Waals surface area contributed by atoms with Crippen LogP contribution < -0.4 is 11.1 Å². The average Bonchev–Trinajstić information content (AvgIpc) is 1.28. The molecule has 12 aliphatic rings. The zero-order valence-corrected chi connectivity index (χ0v) is 86.6. The van der Waals surface area contributed by atoms with Gasteiger partial charge in [0.05, 0.1) is 36.2 Å². The molecule has 8 N–H and O–H groups in total. The van der Waals surface area contributed by atoms with E-state index in [0.29, 0.717) is 103 Å². The topological polar surface area (TPSA) is 615 Å². The van der Waals surface area contributed by atoms with E-state index in [0.717, 1.165) is 66.9 Å². The van der Waals surface area contributed by atoms with Gasteiger partial charge in [-0.05, 0) is 229 Å². The molecule has 0 aromatic carbocycles. The number of aliphatic hydroxyl groups is 2. The molecule has 0 aromatic heterocycles. The Labute approximate surface area is 855 Å². The van der Waals surface area contributed by atoms with Crippen LogP contribution in [-0.2, 0) is 95.0 Å². The molecule has 145 heavy (non-hydrogen) atoms. The number of nitrogens with one attached hydrogen (secondary N) is 1. The summed E-state index contributed by atoms with van der Waals surface area (Å²) >= 11 is 9.72. The first-order valence-electron chi connectivity index (χ1n) is 48.7. The number of allylic oxidation sites excluding steroid dienone is 7. The van der Waals surface area contributed by atoms with E-state index in [1.165, 1.54) is 44.2 Å². The highest BCUT2D eigenvalue weighted by Crippen LogP contribution is 2.56. The molecular formula is C103H142Cl2N6O34. The molecule has 0 spiro atoms. The highest BCUT2D eigenvalue weighted by Gasteiger charge is 2.60. The molecule has 40 nitrogen and oxygen atoms in total. The summed E-state index contributed by atoms with van der Waals surface area (Å²) in [5.41, 5.74) is 8.82. The number of ketones is 3. The summed E-state index contributed by atoms with van der Waals surface area (Å²) in [5.74, 6) is 4.93. The van der Waals surface area contributed by atoms with Crippen LogP contribution in [-0.4, -0.2) is 213 Å². The third-order valence-electron chi connectivity index (χ3n) is 26.4. The number of amides is 1. The largest absolute Gasteiger partial charge is 0.481 e. The molecular weight excluding hydrogens is 1940 g/mol. The van der Waals surface area contributed by atoms with Gasteiger partial charge in [-0.3, -0.25) is 88.4 Å². The number of nitrogens with two attached hydrogens (primary N) is 1. The molecule has 8 fully saturated rings. The SMILES string of the molecule is C#C[C@@H](C)O.CC#C[C@@H](C)O.CC(=O)/C=C\[C@@H](C)OC(=O)/C=C/C1=CCCC([N+](=O)[O-])C1.CC(=O)C#CC[C@@H](C)OC(=O)/C=C/C1=CCCC([N+](=O)[O-])C1.CC(=O)[C@@H]1[C@@H]2[C@@H](C)OC(=O)[C@@H]2C=C2C[C@H]([N+](=O)[O-])CC[C@H]21.CC(C)(C)C(=O)Cl.CCC(=O)OCl.CCOC(=O)N[C@@H]1CC[C@@H]2[C@@H](C1)C[C@H]1C(=O)O[C@H](C)[C@H]1[C@H]2C(=O)O.C[C@H]1OC(=O)[C@@H]2C[C@@H]3C[C@H](N)CC[C@H]3[C@H](C(=O)O)[C@H]12.O=C(O)/C=C/C1=CCCC([N+](=O)[O-])C1. The molecule has 0 bridgehead atoms. The minimum Gasteiger partial charge on any atom is -0.481 e. The molecule has 27 atom stereocenters. The molecule has 5 saturated carbocycles. The molecule has 3 unspecified atom stereocenters. The first kappa shape index (κ1) is 127. The third kappa shape index (κ3) is 44.0. The molecule has 0 radical (unpaired) electrons. The summed E-state index contributed by atoms with van der Waals surface area (Å²) in [6.07, 6.45) is 32.6. The number of alkyl carbamates (subject to hydrolysis) is 1. The van der Waals surface area contributed by atoms with Gasteiger partial charge >= 0.3 is 59.8 Å². The van der Waals surface area contributed by atoms with Gasteiger partial charge in [-0.15, -0.1) is 12.3 Å². The lowest BCUT2D eigenvalue weighted by Crippen LogP contribution is -2.51. The second kappa shape index (κ2) is 63.3. The molecule has 0 aromatic rings. The van der Waals surface area contributed by atoms with Crippen LogP contribution in [0.1, 0.15) is 252 Å². The number of cyclic esters (lactones) is 3. The maximum atomic E-state index is 12.1. The maximum Gasteiger partial charge on any atom is 0.407 e. The number of rotatable bonds is 21. The fraction of sp³-hybridized carbons (Fsp3) is 0.650. The number of ether oxygens (including phenoxy) is 6. The van der Waals surface area contributed by atoms with E-state index >= 15 is 0 Å². The fourth-order valence-corrected chi connectivity index (χ4v) is 19.9. The number of hydrogen-bond donors (Lipinski definition) is 7. The Hall–Kier alpha value is -12.2. The first-order chi connectivity index (χ1) is 67.9. The zero-order chi connectivity index (χ0) is 110. The number of esters is 5. The van der Waals surface area contributed by atoms with Gasteiger partial charge in [-0.25, -0.2) is 19.2 Å². The number of halogens is 2. The van der Waals surface area contributed by atoms with Crippen molar-refractivity contribution in [3.05, 3.63) is 136 Å². The lowest BCUT2D eigenvalue weighted by Gasteiger charge is -2.46. The number of Topliss-reactive ketones (excluding diaryl/α,β-unsaturated/α-hetero) is 2. The van der Waals surface area contributed by atoms with Gasteiger partial charge in [-0.2, -0.15) is 0 Å². The van der Waals surface area contributed by atoms with Crippen molar-refractivity contribution < 1.29 is 145 Å². The molecule has 3 heterocycles. The fourth-order valence-electron chi connectivity index (χ4n) is 19.8. The van der Waals surface area contributed by atoms with Crippen LogP contribution in [0.15, 0.2) is 95.2 Å². The van der Waals surface area contributed by atoms with Crippen molar-refractivity contribution in [3.63, 3.8) is 0 Å². The number of hydrogen-bond acceptors (Lipinski definition) is 32. The predicted octanol–water partition coefficient (Wildman–Crippen LogP) is 13.8. The Kier molecular flexibility index (Phi) is 55.4. The van der Waals surface area contributed by atoms with Gasteiger partial charge in [0.1, 0.15) is 60.4 Å². The Morgan fingerprint density at radius 3 is 1.41 bits per heavy atom. The van der Waals surface area contributed by atoms with E-state index in [2.05, 4.69) is 57.5 Å². The smallest absolute Gasteiger partial charge is 0.407 e.